The number of thioether (sulfide) groups is 3. The van der Waals surface area contributed by atoms with Crippen LogP contribution in [-0.4, -0.2) is 264 Å². The number of piperazine rings is 3. The van der Waals surface area contributed by atoms with E-state index in [2.05, 4.69) is 54.2 Å². The van der Waals surface area contributed by atoms with Crippen molar-refractivity contribution in [2.24, 2.45) is 0 Å². The van der Waals surface area contributed by atoms with Crippen LogP contribution in [0.1, 0.15) is 63.6 Å². The van der Waals surface area contributed by atoms with E-state index in [1.165, 1.54) is 36.4 Å². The number of aromatic nitrogens is 6. The van der Waals surface area contributed by atoms with Crippen LogP contribution in [0.3, 0.4) is 0 Å². The molecule has 9 fully saturated rings. The minimum Gasteiger partial charge on any atom is -0.375 e. The molecule has 0 saturated carbocycles. The Labute approximate surface area is 774 Å². The van der Waals surface area contributed by atoms with E-state index in [-0.39, 0.29) is 127 Å². The molecule has 9 saturated heterocycles. The summed E-state index contributed by atoms with van der Waals surface area (Å²) >= 11 is 23.3. The zero-order valence-corrected chi connectivity index (χ0v) is 77.5. The van der Waals surface area contributed by atoms with Gasteiger partial charge in [0.2, 0.25) is 17.7 Å². The zero-order chi connectivity index (χ0) is 91.3. The highest BCUT2D eigenvalue weighted by atomic mass is 35.5. The molecule has 36 heteroatoms. The lowest BCUT2D eigenvalue weighted by Crippen LogP contribution is -2.58. The number of carbonyl (C=O) groups excluding carboxylic acids is 3. The van der Waals surface area contributed by atoms with Gasteiger partial charge in [0.25, 0.3) is 0 Å². The monoisotopic (exact) mass is 1900 g/mol. The molecule has 0 N–H and O–H groups in total. The molecule has 130 heavy (non-hydrogen) atoms. The fourth-order valence-corrected chi connectivity index (χ4v) is 26.8. The standard InChI is InChI=1S/2C32H34ClF2N5O3S.C30H30ClF2N5O3S/c1-5-27(41)37-10-18(4)38(11-17(37)3)31-23-6-16(2)28(22-8-24(33)26(35)9-25(22)34)30-29(23)40(32(42)36-31)12-20(15-44-30)39-13-21-7-19(39)14-43-21;1-5-27(41)40-17(3)10-37(11-18(40)4)31-23-6-16(2)28(22-8-24(33)26(35)9-25(22)34)30-29(23)39(32(42)36-31)12-20(15-44-30)38-13-21-7-19(38)14-43-21;1-3-25(39)35-4-6-36(7-5-35)29-21-8-16(2)26(20-10-22(31)24(33)11-23(20)32)28-27(21)38(30(40)34-29)12-18(15-42-28)37-13-19-9-17(37)14-41-19/h2*5-6,8-9,17-21H,1,7,10-15H2,2-4H3;3,8,10-11,17-19H,1,4-7,9,12-15H2,2H3/t17-,18+,19+,20?,21+;17-,18+,19-,20?,21-;17-,18?,19-/m100/s1. The second-order valence-electron chi connectivity index (χ2n) is 36.2. The van der Waals surface area contributed by atoms with Gasteiger partial charge >= 0.3 is 17.1 Å². The van der Waals surface area contributed by atoms with E-state index in [0.717, 1.165) is 105 Å². The topological polar surface area (TPSA) is 213 Å². The number of carbonyl (C=O) groups is 3. The Bertz CT molecular complexity index is 6420. The lowest BCUT2D eigenvalue weighted by Gasteiger charge is -2.44. The van der Waals surface area contributed by atoms with Crippen molar-refractivity contribution in [1.29, 1.82) is 0 Å². The third-order valence-electron chi connectivity index (χ3n) is 28.1. The van der Waals surface area contributed by atoms with Crippen LogP contribution in [0.15, 0.2) is 122 Å². The van der Waals surface area contributed by atoms with Crippen LogP contribution in [0.5, 0.6) is 0 Å². The van der Waals surface area contributed by atoms with Gasteiger partial charge in [-0.3, -0.25) is 42.8 Å². The molecule has 0 radical (unpaired) electrons. The number of benzene rings is 6. The van der Waals surface area contributed by atoms with E-state index in [0.29, 0.717) is 178 Å². The average molecular weight is 1900 g/mol. The summed E-state index contributed by atoms with van der Waals surface area (Å²) in [5.41, 5.74) is 5.65. The van der Waals surface area contributed by atoms with Crippen LogP contribution in [0.25, 0.3) is 66.1 Å². The summed E-state index contributed by atoms with van der Waals surface area (Å²) in [5, 5.41) is 1.87. The number of halogens is 9. The van der Waals surface area contributed by atoms with Crippen LogP contribution in [-0.2, 0) is 48.2 Å². The molecule has 24 nitrogen and oxygen atoms in total. The lowest BCUT2D eigenvalue weighted by molar-refractivity contribution is -0.131. The normalized spacial score (nSPS) is 25.9. The van der Waals surface area contributed by atoms with Gasteiger partial charge in [0.15, 0.2) is 0 Å². The highest BCUT2D eigenvalue weighted by molar-refractivity contribution is 8.00. The Morgan fingerprint density at radius 2 is 0.762 bits per heavy atom. The summed E-state index contributed by atoms with van der Waals surface area (Å²) < 4.78 is 112. The third kappa shape index (κ3) is 16.1. The van der Waals surface area contributed by atoms with Crippen molar-refractivity contribution < 1.29 is 54.9 Å². The van der Waals surface area contributed by atoms with Crippen LogP contribution in [0.2, 0.25) is 15.1 Å². The molecule has 13 atom stereocenters. The van der Waals surface area contributed by atoms with Crippen molar-refractivity contribution in [2.45, 2.75) is 181 Å². The number of ether oxygens (including phenoxy) is 3. The van der Waals surface area contributed by atoms with E-state index >= 15 is 13.2 Å². The maximum atomic E-state index is 15.5. The largest absolute Gasteiger partial charge is 0.375 e. The smallest absolute Gasteiger partial charge is 0.350 e. The van der Waals surface area contributed by atoms with E-state index in [9.17, 15) is 41.9 Å². The molecular weight excluding hydrogens is 1800 g/mol. The highest BCUT2D eigenvalue weighted by Crippen LogP contribution is 2.52. The van der Waals surface area contributed by atoms with Gasteiger partial charge in [-0.05, 0) is 139 Å². The summed E-state index contributed by atoms with van der Waals surface area (Å²) in [6.45, 7) is 34.2. The maximum absolute atomic E-state index is 15.5. The maximum Gasteiger partial charge on any atom is 0.350 e. The number of aryl methyl sites for hydroxylation is 3. The van der Waals surface area contributed by atoms with Gasteiger partial charge in [0.05, 0.1) is 69.8 Å². The molecule has 0 spiro atoms. The van der Waals surface area contributed by atoms with Crippen molar-refractivity contribution >= 4 is 138 Å². The molecule has 3 aromatic heterocycles. The van der Waals surface area contributed by atoms with Crippen LogP contribution in [0, 0.1) is 55.7 Å². The molecule has 6 bridgehead atoms. The summed E-state index contributed by atoms with van der Waals surface area (Å²) in [6.07, 6.45) is 7.54. The van der Waals surface area contributed by atoms with E-state index < -0.39 is 34.9 Å². The molecule has 21 rings (SSSR count). The Morgan fingerprint density at radius 3 is 1.11 bits per heavy atom. The molecule has 12 aliphatic heterocycles. The number of anilines is 3. The molecule has 15 heterocycles. The van der Waals surface area contributed by atoms with Crippen molar-refractivity contribution in [3.63, 3.8) is 0 Å². The van der Waals surface area contributed by atoms with Gasteiger partial charge in [-0.1, -0.05) is 54.5 Å². The Kier molecular flexibility index (Phi) is 24.8. The SMILES string of the molecule is C=CC(=O)N1CCN(c2nc(=O)n3c4c(c(-c5cc(Cl)c(F)cc5F)c(C)cc24)SCC(N2C[C@@H]4C[C@H]2CO4)C3)CC1.C=CC(=O)N1C[C@H](C)N(c2nc(=O)n3c4c(c(-c5cc(Cl)c(F)cc5F)c(C)cc24)SCC(N2C[C@@H]4C[C@H]2CO4)C3)C[C@H]1C.C=CC(=O)N1[C@H](C)CN(c2nc(=O)n3c4c(c(-c5cc(Cl)c(F)cc5F)c(C)cc24)SCC(N2C[C@@H]4C[C@H]2CO4)C3)C[C@@H]1C. The Morgan fingerprint density at radius 1 is 0.408 bits per heavy atom. The van der Waals surface area contributed by atoms with Crippen molar-refractivity contribution in [1.82, 2.24) is 58.1 Å². The van der Waals surface area contributed by atoms with E-state index in [1.54, 1.807) is 58.8 Å². The van der Waals surface area contributed by atoms with Gasteiger partial charge in [-0.15, -0.1) is 35.3 Å². The number of morpholine rings is 3. The highest BCUT2D eigenvalue weighted by Gasteiger charge is 2.48. The summed E-state index contributed by atoms with van der Waals surface area (Å²) in [7, 11) is 0. The first-order valence-electron chi connectivity index (χ1n) is 44.1. The fraction of sp³-hybridized carbons (Fsp3) is 0.457. The minimum atomic E-state index is -0.822. The van der Waals surface area contributed by atoms with Crippen molar-refractivity contribution in [3.05, 3.63) is 191 Å². The number of rotatable bonds is 12. The first kappa shape index (κ1) is 90.2. The van der Waals surface area contributed by atoms with E-state index in [4.69, 9.17) is 54.0 Å². The van der Waals surface area contributed by atoms with Crippen LogP contribution < -0.4 is 31.8 Å². The lowest BCUT2D eigenvalue weighted by atomic mass is 9.96. The van der Waals surface area contributed by atoms with Crippen molar-refractivity contribution in [2.75, 3.05) is 124 Å². The fourth-order valence-electron chi connectivity index (χ4n) is 22.1. The molecule has 684 valence electrons. The molecule has 9 aromatic rings. The molecule has 0 aliphatic carbocycles. The molecule has 3 unspecified atom stereocenters. The predicted molar refractivity (Wildman–Crippen MR) is 497 cm³/mol. The predicted octanol–water partition coefficient (Wildman–Crippen LogP) is 13.8. The third-order valence-corrected chi connectivity index (χ3v) is 32.7. The van der Waals surface area contributed by atoms with Gasteiger partial charge in [0, 0.05) is 252 Å². The number of fused-ring (bicyclic) bond motifs is 6. The number of hydrogen-bond donors (Lipinski definition) is 0. The molecule has 3 amide bonds. The van der Waals surface area contributed by atoms with Gasteiger partial charge in [-0.25, -0.2) is 40.7 Å². The number of nitrogens with zero attached hydrogens (tertiary/aromatic N) is 15. The summed E-state index contributed by atoms with van der Waals surface area (Å²) in [6, 6.07) is 12.8. The molecular formula is C94H98Cl3F6N15O9S3. The number of hydrogen-bond acceptors (Lipinski definition) is 21. The number of amides is 3. The minimum absolute atomic E-state index is 0.0436. The number of likely N-dealkylation sites (tertiary alicyclic amines) is 3. The zero-order valence-electron chi connectivity index (χ0n) is 72.8. The first-order valence-corrected chi connectivity index (χ1v) is 48.2. The Hall–Kier alpha value is -8.97. The second-order valence-corrected chi connectivity index (χ2v) is 40.6. The summed E-state index contributed by atoms with van der Waals surface area (Å²) in [4.78, 5) is 114. The second kappa shape index (κ2) is 35.8. The quantitative estimate of drug-likeness (QED) is 0.0632. The van der Waals surface area contributed by atoms with Crippen LogP contribution in [0.4, 0.5) is 43.8 Å². The van der Waals surface area contributed by atoms with Crippen molar-refractivity contribution in [3.8, 4) is 33.4 Å². The van der Waals surface area contributed by atoms with E-state index in [1.807, 2.05) is 76.5 Å². The molecule has 12 aliphatic rings. The van der Waals surface area contributed by atoms with Gasteiger partial charge < -0.3 is 43.6 Å². The van der Waals surface area contributed by atoms with Gasteiger partial charge in [0.1, 0.15) is 52.4 Å². The summed E-state index contributed by atoms with van der Waals surface area (Å²) in [5.74, 6) is -1.30. The van der Waals surface area contributed by atoms with Gasteiger partial charge in [-0.2, -0.15) is 15.0 Å². The first-order chi connectivity index (χ1) is 62.3. The van der Waals surface area contributed by atoms with Crippen LogP contribution >= 0.6 is 70.1 Å². The Balaban J connectivity index is 0.000000126. The molecule has 6 aromatic carbocycles. The average Bonchev–Trinajstić information content (AvgIpc) is 1.43.